The highest BCUT2D eigenvalue weighted by atomic mass is 16.2. The van der Waals surface area contributed by atoms with Crippen molar-refractivity contribution in [2.24, 2.45) is 5.73 Å². The minimum Gasteiger partial charge on any atom is -0.370 e. The molecule has 1 aliphatic heterocycles. The molecule has 3 amide bonds. The van der Waals surface area contributed by atoms with E-state index >= 15 is 0 Å². The minimum atomic E-state index is -0.813. The van der Waals surface area contributed by atoms with Crippen molar-refractivity contribution in [2.45, 2.75) is 25.8 Å². The summed E-state index contributed by atoms with van der Waals surface area (Å²) < 4.78 is 0. The second-order valence-corrected chi connectivity index (χ2v) is 5.02. The summed E-state index contributed by atoms with van der Waals surface area (Å²) in [4.78, 5) is 35.9. The third-order valence-electron chi connectivity index (χ3n) is 2.67. The van der Waals surface area contributed by atoms with Crippen LogP contribution in [0.3, 0.4) is 0 Å². The van der Waals surface area contributed by atoms with Crippen LogP contribution in [0.2, 0.25) is 0 Å². The van der Waals surface area contributed by atoms with Crippen molar-refractivity contribution < 1.29 is 14.4 Å². The van der Waals surface area contributed by atoms with Gasteiger partial charge in [0.05, 0.1) is 0 Å². The third-order valence-corrected chi connectivity index (χ3v) is 2.67. The van der Waals surface area contributed by atoms with Crippen molar-refractivity contribution in [1.82, 2.24) is 15.5 Å². The van der Waals surface area contributed by atoms with Crippen LogP contribution >= 0.6 is 0 Å². The lowest BCUT2D eigenvalue weighted by atomic mass is 10.0. The first-order chi connectivity index (χ1) is 8.32. The van der Waals surface area contributed by atoms with E-state index in [2.05, 4.69) is 10.6 Å². The van der Waals surface area contributed by atoms with Crippen LogP contribution in [0.1, 0.15) is 20.3 Å². The van der Waals surface area contributed by atoms with Gasteiger partial charge in [-0.3, -0.25) is 14.4 Å². The SMILES string of the molecule is CC(C)(CC(N)=O)NC(=O)C(=O)N1CCNCC1. The van der Waals surface area contributed by atoms with E-state index in [0.717, 1.165) is 0 Å². The zero-order valence-electron chi connectivity index (χ0n) is 10.8. The van der Waals surface area contributed by atoms with Gasteiger partial charge in [-0.25, -0.2) is 0 Å². The molecule has 1 fully saturated rings. The maximum atomic E-state index is 11.8. The van der Waals surface area contributed by atoms with Crippen LogP contribution in [0.25, 0.3) is 0 Å². The summed E-state index contributed by atoms with van der Waals surface area (Å²) in [5.74, 6) is -1.77. The predicted molar refractivity (Wildman–Crippen MR) is 65.5 cm³/mol. The monoisotopic (exact) mass is 256 g/mol. The number of primary amides is 1. The Morgan fingerprint density at radius 2 is 1.83 bits per heavy atom. The Morgan fingerprint density at radius 3 is 2.33 bits per heavy atom. The fourth-order valence-corrected chi connectivity index (χ4v) is 1.85. The largest absolute Gasteiger partial charge is 0.370 e. The molecule has 7 nitrogen and oxygen atoms in total. The molecule has 1 aliphatic rings. The molecule has 0 saturated carbocycles. The topological polar surface area (TPSA) is 105 Å². The maximum absolute atomic E-state index is 11.8. The van der Waals surface area contributed by atoms with Gasteiger partial charge in [0.1, 0.15) is 0 Å². The number of carbonyl (C=O) groups excluding carboxylic acids is 3. The molecule has 7 heteroatoms. The molecule has 1 saturated heterocycles. The van der Waals surface area contributed by atoms with Gasteiger partial charge in [0, 0.05) is 38.1 Å². The smallest absolute Gasteiger partial charge is 0.311 e. The Kier molecular flexibility index (Phi) is 4.66. The Labute approximate surface area is 106 Å². The van der Waals surface area contributed by atoms with Gasteiger partial charge in [-0.1, -0.05) is 0 Å². The average Bonchev–Trinajstić information content (AvgIpc) is 2.26. The zero-order chi connectivity index (χ0) is 13.8. The van der Waals surface area contributed by atoms with E-state index in [-0.39, 0.29) is 6.42 Å². The number of nitrogens with one attached hydrogen (secondary N) is 2. The summed E-state index contributed by atoms with van der Waals surface area (Å²) in [7, 11) is 0. The molecular weight excluding hydrogens is 236 g/mol. The summed E-state index contributed by atoms with van der Waals surface area (Å²) in [6.45, 7) is 5.71. The van der Waals surface area contributed by atoms with Crippen LogP contribution in [-0.4, -0.2) is 54.3 Å². The number of carbonyl (C=O) groups is 3. The number of hydrogen-bond donors (Lipinski definition) is 3. The van der Waals surface area contributed by atoms with Gasteiger partial charge in [0.2, 0.25) is 5.91 Å². The van der Waals surface area contributed by atoms with Gasteiger partial charge in [-0.2, -0.15) is 0 Å². The fraction of sp³-hybridized carbons (Fsp3) is 0.727. The standard InChI is InChI=1S/C11H20N4O3/c1-11(2,7-8(12)16)14-9(17)10(18)15-5-3-13-4-6-15/h13H,3-7H2,1-2H3,(H2,12,16)(H,14,17). The summed E-state index contributed by atoms with van der Waals surface area (Å²) in [5.41, 5.74) is 4.27. The maximum Gasteiger partial charge on any atom is 0.311 e. The van der Waals surface area contributed by atoms with Gasteiger partial charge in [-0.05, 0) is 13.8 Å². The number of rotatable bonds is 3. The normalized spacial score (nSPS) is 16.2. The molecule has 0 aliphatic carbocycles. The Bertz CT molecular complexity index is 348. The van der Waals surface area contributed by atoms with Gasteiger partial charge < -0.3 is 21.3 Å². The first kappa shape index (κ1) is 14.4. The third kappa shape index (κ3) is 4.33. The van der Waals surface area contributed by atoms with Crippen molar-refractivity contribution in [2.75, 3.05) is 26.2 Å². The molecule has 102 valence electrons. The minimum absolute atomic E-state index is 0.00637. The van der Waals surface area contributed by atoms with Crippen LogP contribution in [0.4, 0.5) is 0 Å². The van der Waals surface area contributed by atoms with Crippen LogP contribution < -0.4 is 16.4 Å². The van der Waals surface area contributed by atoms with Crippen molar-refractivity contribution in [1.29, 1.82) is 0 Å². The first-order valence-corrected chi connectivity index (χ1v) is 5.92. The highest BCUT2D eigenvalue weighted by Gasteiger charge is 2.29. The fourth-order valence-electron chi connectivity index (χ4n) is 1.85. The molecule has 1 rings (SSSR count). The average molecular weight is 256 g/mol. The molecule has 0 aromatic carbocycles. The molecule has 1 heterocycles. The van der Waals surface area contributed by atoms with E-state index in [9.17, 15) is 14.4 Å². The van der Waals surface area contributed by atoms with Gasteiger partial charge >= 0.3 is 11.8 Å². The van der Waals surface area contributed by atoms with Crippen LogP contribution in [0.15, 0.2) is 0 Å². The molecule has 0 spiro atoms. The highest BCUT2D eigenvalue weighted by Crippen LogP contribution is 2.07. The summed E-state index contributed by atoms with van der Waals surface area (Å²) in [6.07, 6.45) is -0.00637. The second kappa shape index (κ2) is 5.81. The van der Waals surface area contributed by atoms with Crippen LogP contribution in [0, 0.1) is 0 Å². The molecule has 18 heavy (non-hydrogen) atoms. The van der Waals surface area contributed by atoms with E-state index < -0.39 is 23.3 Å². The van der Waals surface area contributed by atoms with Crippen molar-refractivity contribution in [3.8, 4) is 0 Å². The van der Waals surface area contributed by atoms with E-state index in [0.29, 0.717) is 26.2 Å². The van der Waals surface area contributed by atoms with E-state index in [1.54, 1.807) is 13.8 Å². The Hall–Kier alpha value is -1.63. The molecule has 4 N–H and O–H groups in total. The highest BCUT2D eigenvalue weighted by molar-refractivity contribution is 6.35. The summed E-state index contributed by atoms with van der Waals surface area (Å²) in [5, 5.41) is 5.63. The quantitative estimate of drug-likeness (QED) is 0.517. The lowest BCUT2D eigenvalue weighted by Gasteiger charge is -2.29. The van der Waals surface area contributed by atoms with Gasteiger partial charge in [0.25, 0.3) is 0 Å². The number of nitrogens with two attached hydrogens (primary N) is 1. The molecule has 0 atom stereocenters. The molecule has 0 bridgehead atoms. The number of amides is 3. The van der Waals surface area contributed by atoms with Crippen molar-refractivity contribution >= 4 is 17.7 Å². The van der Waals surface area contributed by atoms with Crippen molar-refractivity contribution in [3.63, 3.8) is 0 Å². The zero-order valence-corrected chi connectivity index (χ0v) is 10.8. The van der Waals surface area contributed by atoms with Crippen molar-refractivity contribution in [3.05, 3.63) is 0 Å². The molecular formula is C11H20N4O3. The molecule has 0 radical (unpaired) electrons. The first-order valence-electron chi connectivity index (χ1n) is 5.92. The van der Waals surface area contributed by atoms with Gasteiger partial charge in [-0.15, -0.1) is 0 Å². The Balaban J connectivity index is 2.53. The number of nitrogens with zero attached hydrogens (tertiary/aromatic N) is 1. The molecule has 0 unspecified atom stereocenters. The van der Waals surface area contributed by atoms with Gasteiger partial charge in [0.15, 0.2) is 0 Å². The number of piperazine rings is 1. The van der Waals surface area contributed by atoms with E-state index in [1.165, 1.54) is 4.90 Å². The summed E-state index contributed by atoms with van der Waals surface area (Å²) in [6, 6.07) is 0. The summed E-state index contributed by atoms with van der Waals surface area (Å²) >= 11 is 0. The molecule has 0 aromatic heterocycles. The number of hydrogen-bond acceptors (Lipinski definition) is 4. The lowest BCUT2D eigenvalue weighted by molar-refractivity contribution is -0.147. The van der Waals surface area contributed by atoms with Crippen LogP contribution in [-0.2, 0) is 14.4 Å². The van der Waals surface area contributed by atoms with E-state index in [1.807, 2.05) is 0 Å². The molecule has 0 aromatic rings. The predicted octanol–water partition coefficient (Wildman–Crippen LogP) is -1.81. The lowest BCUT2D eigenvalue weighted by Crippen LogP contribution is -2.55. The van der Waals surface area contributed by atoms with Crippen LogP contribution in [0.5, 0.6) is 0 Å². The second-order valence-electron chi connectivity index (χ2n) is 5.02. The Morgan fingerprint density at radius 1 is 1.28 bits per heavy atom. The van der Waals surface area contributed by atoms with E-state index in [4.69, 9.17) is 5.73 Å².